The van der Waals surface area contributed by atoms with Gasteiger partial charge in [-0.1, -0.05) is 0 Å². The van der Waals surface area contributed by atoms with Crippen LogP contribution in [-0.4, -0.2) is 98.1 Å². The molecular formula is C30H40N10O8S. The first-order chi connectivity index (χ1) is 23.5. The van der Waals surface area contributed by atoms with Crippen molar-refractivity contribution in [3.05, 3.63) is 23.6 Å². The number of aromatic nitrogens is 4. The van der Waals surface area contributed by atoms with Crippen LogP contribution in [0.1, 0.15) is 99.9 Å². The summed E-state index contributed by atoms with van der Waals surface area (Å²) in [5.41, 5.74) is 11.2. The van der Waals surface area contributed by atoms with Crippen molar-refractivity contribution in [1.29, 1.82) is 0 Å². The van der Waals surface area contributed by atoms with Crippen molar-refractivity contribution in [2.45, 2.75) is 113 Å². The van der Waals surface area contributed by atoms with E-state index in [1.54, 1.807) is 0 Å². The Labute approximate surface area is 282 Å². The maximum Gasteiger partial charge on any atom is 0.442 e. The first-order valence-electron chi connectivity index (χ1n) is 17.5. The molecule has 2 spiro atoms. The molecule has 0 aromatic carbocycles. The summed E-state index contributed by atoms with van der Waals surface area (Å²) in [6, 6.07) is -2.83. The minimum absolute atomic E-state index is 0.213. The molecule has 264 valence electrons. The zero-order valence-corrected chi connectivity index (χ0v) is 27.7. The second-order valence-corrected chi connectivity index (χ2v) is 17.1. The van der Waals surface area contributed by atoms with Crippen molar-refractivity contribution >= 4 is 22.5 Å². The van der Waals surface area contributed by atoms with E-state index < -0.39 is 46.6 Å². The number of fused-ring (bicyclic) bond motifs is 6. The quantitative estimate of drug-likeness (QED) is 0.358. The fourth-order valence-electron chi connectivity index (χ4n) is 9.45. The van der Waals surface area contributed by atoms with Gasteiger partial charge in [-0.2, -0.15) is 18.5 Å². The van der Waals surface area contributed by atoms with Crippen molar-refractivity contribution < 1.29 is 35.4 Å². The van der Waals surface area contributed by atoms with E-state index in [-0.39, 0.29) is 36.0 Å². The molecule has 8 aliphatic rings. The Hall–Kier alpha value is -3.39. The Morgan fingerprint density at radius 1 is 0.694 bits per heavy atom. The molecule has 4 saturated carbocycles. The summed E-state index contributed by atoms with van der Waals surface area (Å²) in [6.45, 7) is 0.496. The largest absolute Gasteiger partial charge is 0.442 e. The number of hydrogen-bond donors (Lipinski definition) is 2. The molecule has 10 rings (SSSR count). The molecule has 4 aliphatic carbocycles. The van der Waals surface area contributed by atoms with Crippen LogP contribution in [-0.2, 0) is 31.8 Å². The van der Waals surface area contributed by atoms with Gasteiger partial charge in [-0.25, -0.2) is 9.59 Å². The molecule has 0 unspecified atom stereocenters. The van der Waals surface area contributed by atoms with Crippen LogP contribution in [0.2, 0.25) is 0 Å². The summed E-state index contributed by atoms with van der Waals surface area (Å²) in [7, 11) is -4.89. The Morgan fingerprint density at radius 3 is 1.47 bits per heavy atom. The third kappa shape index (κ3) is 4.90. The molecule has 2 aromatic heterocycles. The molecule has 19 heteroatoms. The summed E-state index contributed by atoms with van der Waals surface area (Å²) in [5, 5.41) is 18.8. The molecule has 2 aromatic rings. The number of nitrogens with zero attached hydrogens (tertiary/aromatic N) is 8. The van der Waals surface area contributed by atoms with Crippen LogP contribution in [0.5, 0.6) is 0 Å². The van der Waals surface area contributed by atoms with Gasteiger partial charge in [0.05, 0.1) is 12.1 Å². The van der Waals surface area contributed by atoms with Gasteiger partial charge >= 0.3 is 22.5 Å². The number of nitrogens with two attached hydrogens (primary N) is 2. The number of rotatable bonds is 10. The van der Waals surface area contributed by atoms with Gasteiger partial charge in [0.15, 0.2) is 0 Å². The van der Waals surface area contributed by atoms with Crippen molar-refractivity contribution in [1.82, 2.24) is 40.3 Å². The van der Waals surface area contributed by atoms with Gasteiger partial charge in [-0.3, -0.25) is 0 Å². The Balaban J connectivity index is 0.835. The van der Waals surface area contributed by atoms with Crippen LogP contribution in [0.3, 0.4) is 0 Å². The van der Waals surface area contributed by atoms with E-state index in [1.165, 1.54) is 9.80 Å². The summed E-state index contributed by atoms with van der Waals surface area (Å²) >= 11 is 0. The van der Waals surface area contributed by atoms with Gasteiger partial charge in [0.1, 0.15) is 12.1 Å². The summed E-state index contributed by atoms with van der Waals surface area (Å²) in [6.07, 6.45) is 9.25. The van der Waals surface area contributed by atoms with E-state index in [1.807, 2.05) is 0 Å². The first kappa shape index (κ1) is 30.4. The lowest BCUT2D eigenvalue weighted by Gasteiger charge is -2.35. The van der Waals surface area contributed by atoms with Crippen molar-refractivity contribution in [3.63, 3.8) is 0 Å². The fraction of sp³-hybridized carbons (Fsp3) is 0.800. The van der Waals surface area contributed by atoms with E-state index in [0.717, 1.165) is 61.5 Å². The molecular weight excluding hydrogens is 660 g/mol. The highest BCUT2D eigenvalue weighted by molar-refractivity contribution is 7.81. The van der Waals surface area contributed by atoms with Crippen LogP contribution in [0.25, 0.3) is 0 Å². The molecule has 8 fully saturated rings. The molecule has 4 saturated heterocycles. The highest BCUT2D eigenvalue weighted by Crippen LogP contribution is 2.63. The van der Waals surface area contributed by atoms with Crippen LogP contribution < -0.4 is 11.5 Å². The molecule has 4 amide bonds. The number of carbonyl (C=O) groups is 2. The van der Waals surface area contributed by atoms with Crippen molar-refractivity contribution in [3.8, 4) is 0 Å². The molecule has 49 heavy (non-hydrogen) atoms. The molecule has 0 radical (unpaired) electrons. The van der Waals surface area contributed by atoms with Gasteiger partial charge in [0.2, 0.25) is 23.6 Å². The van der Waals surface area contributed by atoms with Gasteiger partial charge in [0, 0.05) is 38.0 Å². The van der Waals surface area contributed by atoms with Crippen LogP contribution in [0.15, 0.2) is 8.83 Å². The standard InChI is InChI=1S/C30H40N10O8S/c31-17-5-15(6-17)9-23-33-35-25(45-23)19-11-29(1-2-29)21-13-37(19)27(41)39(21)47-49(43,44)48-40-22-14-38(28(40)42)20(12-30(22)3-4-30)26-36-34-24(46-26)10-16-7-18(32)8-16/h15-22H,1-14,31-32H2/t15?,16?,17?,18?,19-,20-,21-,22-/m0/s1. The van der Waals surface area contributed by atoms with Crippen LogP contribution in [0, 0.1) is 22.7 Å². The predicted molar refractivity (Wildman–Crippen MR) is 162 cm³/mol. The Bertz CT molecular complexity index is 1680. The van der Waals surface area contributed by atoms with Crippen molar-refractivity contribution in [2.75, 3.05) is 13.1 Å². The maximum atomic E-state index is 13.7. The predicted octanol–water partition coefficient (Wildman–Crippen LogP) is 1.48. The lowest BCUT2D eigenvalue weighted by Crippen LogP contribution is -2.45. The van der Waals surface area contributed by atoms with Gasteiger partial charge in [0.25, 0.3) is 0 Å². The second kappa shape index (κ2) is 10.3. The smallest absolute Gasteiger partial charge is 0.423 e. The summed E-state index contributed by atoms with van der Waals surface area (Å²) < 4.78 is 50.0. The average Bonchev–Trinajstić information content (AvgIpc) is 3.76. The lowest BCUT2D eigenvalue weighted by atomic mass is 9.79. The van der Waals surface area contributed by atoms with Gasteiger partial charge < -0.3 is 30.1 Å². The molecule has 4 bridgehead atoms. The van der Waals surface area contributed by atoms with Crippen LogP contribution >= 0.6 is 0 Å². The minimum atomic E-state index is -4.89. The SMILES string of the molecule is NC1CC(Cc2nnc([C@@H]3CC4(CC4)[C@@H]4CN3C(=O)N4OS(=O)(=O)ON3C(=O)N4C[C@H]3C3(CC3)C[C@H]4c3nnc(CC4CC(N)C4)o3)o2)C1. The topological polar surface area (TPSA) is 230 Å². The summed E-state index contributed by atoms with van der Waals surface area (Å²) in [4.78, 5) is 30.5. The maximum absolute atomic E-state index is 13.7. The zero-order chi connectivity index (χ0) is 33.4. The number of hydroxylamine groups is 4. The Kier molecular flexibility index (Phi) is 6.42. The van der Waals surface area contributed by atoms with E-state index >= 15 is 0 Å². The first-order valence-corrected chi connectivity index (χ1v) is 18.8. The van der Waals surface area contributed by atoms with Gasteiger partial charge in [-0.05, 0) is 86.9 Å². The van der Waals surface area contributed by atoms with Gasteiger partial charge in [-0.15, -0.1) is 29.0 Å². The highest BCUT2D eigenvalue weighted by atomic mass is 32.3. The van der Waals surface area contributed by atoms with E-state index in [2.05, 4.69) is 20.4 Å². The number of carbonyl (C=O) groups excluding carboxylic acids is 2. The number of amides is 4. The normalized spacial score (nSPS) is 36.5. The lowest BCUT2D eigenvalue weighted by molar-refractivity contribution is -0.101. The monoisotopic (exact) mass is 700 g/mol. The average molecular weight is 701 g/mol. The molecule has 4 atom stereocenters. The minimum Gasteiger partial charge on any atom is -0.423 e. The third-order valence-electron chi connectivity index (χ3n) is 12.7. The molecule has 4 N–H and O–H groups in total. The number of hydrogen-bond acceptors (Lipinski definition) is 14. The molecule has 6 heterocycles. The highest BCUT2D eigenvalue weighted by Gasteiger charge is 2.67. The van der Waals surface area contributed by atoms with E-state index in [0.29, 0.717) is 61.1 Å². The zero-order valence-electron chi connectivity index (χ0n) is 26.9. The van der Waals surface area contributed by atoms with E-state index in [4.69, 9.17) is 28.9 Å². The second-order valence-electron chi connectivity index (χ2n) is 15.9. The van der Waals surface area contributed by atoms with Crippen molar-refractivity contribution in [2.24, 2.45) is 34.1 Å². The fourth-order valence-corrected chi connectivity index (χ4v) is 10.2. The summed E-state index contributed by atoms with van der Waals surface area (Å²) in [5.74, 6) is 2.52. The molecule has 18 nitrogen and oxygen atoms in total. The number of urea groups is 2. The number of piperidine rings is 2. The van der Waals surface area contributed by atoms with Crippen LogP contribution in [0.4, 0.5) is 9.59 Å². The Morgan fingerprint density at radius 2 is 1.10 bits per heavy atom. The van der Waals surface area contributed by atoms with E-state index in [9.17, 15) is 18.0 Å². The molecule has 4 aliphatic heterocycles. The third-order valence-corrected chi connectivity index (χ3v) is 13.4.